The molecule has 240 valence electrons. The highest BCUT2D eigenvalue weighted by atomic mass is 16.3. The van der Waals surface area contributed by atoms with Crippen molar-refractivity contribution in [3.05, 3.63) is 101 Å². The number of aliphatic hydroxyl groups is 2. The summed E-state index contributed by atoms with van der Waals surface area (Å²) in [5.41, 5.74) is 3.68. The van der Waals surface area contributed by atoms with Crippen molar-refractivity contribution in [2.75, 3.05) is 26.2 Å². The number of hydrogen-bond donors (Lipinski definition) is 4. The number of amides is 2. The largest absolute Gasteiger partial charge is 0.392 e. The van der Waals surface area contributed by atoms with E-state index in [1.54, 1.807) is 6.20 Å². The molecule has 2 amide bonds. The van der Waals surface area contributed by atoms with Crippen LogP contribution in [0.25, 0.3) is 0 Å². The molecule has 0 spiro atoms. The minimum atomic E-state index is -0.833. The smallest absolute Gasteiger partial charge is 0.239 e. The van der Waals surface area contributed by atoms with Crippen LogP contribution in [-0.2, 0) is 29.0 Å². The first-order valence-electron chi connectivity index (χ1n) is 16.0. The Balaban J connectivity index is 1.29. The quantitative estimate of drug-likeness (QED) is 0.263. The van der Waals surface area contributed by atoms with Gasteiger partial charge in [0.25, 0.3) is 0 Å². The first-order chi connectivity index (χ1) is 21.6. The third-order valence-corrected chi connectivity index (χ3v) is 8.70. The van der Waals surface area contributed by atoms with Crippen LogP contribution >= 0.6 is 0 Å². The molecule has 0 bridgehead atoms. The minimum Gasteiger partial charge on any atom is -0.392 e. The zero-order chi connectivity index (χ0) is 32.0. The SMILES string of the molecule is CC(C)(C)NC(=O)[C@@H]1CN(Cc2cccnc2)CCN1C[C@H](O)C[C@H](Cc1ccccc1)C(=O)N[C@H]1c2ccccc2C[C@H]1O. The second kappa shape index (κ2) is 14.6. The molecule has 1 saturated heterocycles. The summed E-state index contributed by atoms with van der Waals surface area (Å²) < 4.78 is 0. The third-order valence-electron chi connectivity index (χ3n) is 8.70. The Hall–Kier alpha value is -3.63. The predicted octanol–water partition coefficient (Wildman–Crippen LogP) is 2.87. The van der Waals surface area contributed by atoms with Crippen LogP contribution in [0.15, 0.2) is 79.1 Å². The Bertz CT molecular complexity index is 1410. The highest BCUT2D eigenvalue weighted by molar-refractivity contribution is 5.83. The molecule has 1 aromatic heterocycles. The van der Waals surface area contributed by atoms with Gasteiger partial charge in [0.05, 0.1) is 18.2 Å². The van der Waals surface area contributed by atoms with E-state index in [1.807, 2.05) is 93.7 Å². The van der Waals surface area contributed by atoms with Crippen molar-refractivity contribution in [3.63, 3.8) is 0 Å². The normalized spacial score (nSPS) is 21.9. The number of β-amino-alcohol motifs (C(OH)–C–C–N with tert-alkyl or cyclic N) is 1. The number of rotatable bonds is 11. The molecular weight excluding hydrogens is 566 g/mol. The summed E-state index contributed by atoms with van der Waals surface area (Å²) in [4.78, 5) is 35.9. The molecule has 0 saturated carbocycles. The lowest BCUT2D eigenvalue weighted by Crippen LogP contribution is -2.61. The molecule has 1 aliphatic carbocycles. The second-order valence-electron chi connectivity index (χ2n) is 13.6. The molecule has 45 heavy (non-hydrogen) atoms. The van der Waals surface area contributed by atoms with Gasteiger partial charge in [0, 0.05) is 63.0 Å². The van der Waals surface area contributed by atoms with Crippen LogP contribution in [0.4, 0.5) is 0 Å². The minimum absolute atomic E-state index is 0.0712. The number of carbonyl (C=O) groups excluding carboxylic acids is 2. The molecule has 2 aliphatic rings. The molecule has 3 aromatic rings. The first kappa shape index (κ1) is 32.8. The summed E-state index contributed by atoms with van der Waals surface area (Å²) in [6.07, 6.45) is 3.26. The van der Waals surface area contributed by atoms with E-state index in [9.17, 15) is 19.8 Å². The van der Waals surface area contributed by atoms with Gasteiger partial charge in [-0.2, -0.15) is 0 Å². The summed E-state index contributed by atoms with van der Waals surface area (Å²) in [5, 5.41) is 28.5. The molecule has 0 unspecified atom stereocenters. The van der Waals surface area contributed by atoms with Gasteiger partial charge in [-0.1, -0.05) is 60.7 Å². The molecule has 9 nitrogen and oxygen atoms in total. The van der Waals surface area contributed by atoms with Crippen LogP contribution in [0, 0.1) is 5.92 Å². The summed E-state index contributed by atoms with van der Waals surface area (Å²) in [6, 6.07) is 20.6. The number of fused-ring (bicyclic) bond motifs is 1. The lowest BCUT2D eigenvalue weighted by atomic mass is 9.91. The van der Waals surface area contributed by atoms with Crippen molar-refractivity contribution >= 4 is 11.8 Å². The number of hydrogen-bond acceptors (Lipinski definition) is 7. The lowest BCUT2D eigenvalue weighted by Gasteiger charge is -2.42. The van der Waals surface area contributed by atoms with Crippen LogP contribution in [0.2, 0.25) is 0 Å². The maximum Gasteiger partial charge on any atom is 0.239 e. The number of nitrogens with zero attached hydrogens (tertiary/aromatic N) is 3. The number of aliphatic hydroxyl groups excluding tert-OH is 2. The summed E-state index contributed by atoms with van der Waals surface area (Å²) in [6.45, 7) is 8.74. The standard InChI is InChI=1S/C36H47N5O4/c1-36(2,3)39-35(45)31-24-40(22-26-12-9-15-37-21-26)16-17-41(31)23-29(42)19-28(18-25-10-5-4-6-11-25)34(44)38-33-30-14-8-7-13-27(30)20-32(33)43/h4-15,21,28-29,31-33,42-43H,16-20,22-24H2,1-3H3,(H,38,44)(H,39,45)/t28-,29+,31-,32+,33-/m0/s1. The topological polar surface area (TPSA) is 118 Å². The van der Waals surface area contributed by atoms with E-state index in [-0.39, 0.29) is 24.8 Å². The molecule has 9 heteroatoms. The maximum absolute atomic E-state index is 13.8. The Kier molecular flexibility index (Phi) is 10.7. The van der Waals surface area contributed by atoms with Crippen molar-refractivity contribution in [2.45, 2.75) is 76.4 Å². The van der Waals surface area contributed by atoms with Crippen LogP contribution in [0.5, 0.6) is 0 Å². The number of piperazine rings is 1. The number of pyridine rings is 1. The van der Waals surface area contributed by atoms with Gasteiger partial charge in [-0.15, -0.1) is 0 Å². The van der Waals surface area contributed by atoms with E-state index in [1.165, 1.54) is 0 Å². The Morgan fingerprint density at radius 3 is 2.47 bits per heavy atom. The van der Waals surface area contributed by atoms with Gasteiger partial charge < -0.3 is 20.8 Å². The first-order valence-corrected chi connectivity index (χ1v) is 16.0. The fraction of sp³-hybridized carbons (Fsp3) is 0.472. The van der Waals surface area contributed by atoms with Crippen LogP contribution in [0.3, 0.4) is 0 Å². The van der Waals surface area contributed by atoms with Crippen molar-refractivity contribution in [1.82, 2.24) is 25.4 Å². The fourth-order valence-corrected chi connectivity index (χ4v) is 6.56. The zero-order valence-electron chi connectivity index (χ0n) is 26.6. The molecule has 0 radical (unpaired) electrons. The van der Waals surface area contributed by atoms with Gasteiger partial charge in [-0.05, 0) is 61.9 Å². The average Bonchev–Trinajstić information content (AvgIpc) is 3.32. The van der Waals surface area contributed by atoms with Crippen molar-refractivity contribution in [2.24, 2.45) is 5.92 Å². The fourth-order valence-electron chi connectivity index (χ4n) is 6.56. The lowest BCUT2D eigenvalue weighted by molar-refractivity contribution is -0.132. The molecular formula is C36H47N5O4. The summed E-state index contributed by atoms with van der Waals surface area (Å²) in [7, 11) is 0. The van der Waals surface area contributed by atoms with Gasteiger partial charge in [-0.3, -0.25) is 24.4 Å². The van der Waals surface area contributed by atoms with E-state index in [0.29, 0.717) is 32.5 Å². The number of carbonyl (C=O) groups is 2. The monoisotopic (exact) mass is 613 g/mol. The molecule has 5 atom stereocenters. The predicted molar refractivity (Wildman–Crippen MR) is 174 cm³/mol. The summed E-state index contributed by atoms with van der Waals surface area (Å²) >= 11 is 0. The molecule has 1 aliphatic heterocycles. The highest BCUT2D eigenvalue weighted by Gasteiger charge is 2.37. The Morgan fingerprint density at radius 1 is 1.00 bits per heavy atom. The van der Waals surface area contributed by atoms with E-state index >= 15 is 0 Å². The van der Waals surface area contributed by atoms with E-state index in [2.05, 4.69) is 25.4 Å². The van der Waals surface area contributed by atoms with E-state index < -0.39 is 35.7 Å². The Labute approximate surface area is 266 Å². The van der Waals surface area contributed by atoms with E-state index in [4.69, 9.17) is 0 Å². The number of nitrogens with one attached hydrogen (secondary N) is 2. The maximum atomic E-state index is 13.8. The average molecular weight is 614 g/mol. The molecule has 5 rings (SSSR count). The van der Waals surface area contributed by atoms with Gasteiger partial charge in [0.2, 0.25) is 11.8 Å². The Morgan fingerprint density at radius 2 is 1.73 bits per heavy atom. The van der Waals surface area contributed by atoms with Gasteiger partial charge in [0.15, 0.2) is 0 Å². The number of aromatic nitrogens is 1. The van der Waals surface area contributed by atoms with E-state index in [0.717, 1.165) is 28.8 Å². The molecule has 1 fully saturated rings. The van der Waals surface area contributed by atoms with Crippen LogP contribution in [-0.4, -0.2) is 86.8 Å². The van der Waals surface area contributed by atoms with Crippen LogP contribution in [0.1, 0.15) is 55.5 Å². The molecule has 2 aromatic carbocycles. The third kappa shape index (κ3) is 8.98. The zero-order valence-corrected chi connectivity index (χ0v) is 26.6. The van der Waals surface area contributed by atoms with Gasteiger partial charge >= 0.3 is 0 Å². The highest BCUT2D eigenvalue weighted by Crippen LogP contribution is 2.32. The number of benzene rings is 2. The summed E-state index contributed by atoms with van der Waals surface area (Å²) in [5.74, 6) is -0.781. The van der Waals surface area contributed by atoms with Gasteiger partial charge in [-0.25, -0.2) is 0 Å². The van der Waals surface area contributed by atoms with Gasteiger partial charge in [0.1, 0.15) is 6.04 Å². The van der Waals surface area contributed by atoms with Crippen molar-refractivity contribution in [3.8, 4) is 0 Å². The van der Waals surface area contributed by atoms with Crippen molar-refractivity contribution < 1.29 is 19.8 Å². The van der Waals surface area contributed by atoms with Crippen molar-refractivity contribution in [1.29, 1.82) is 0 Å². The molecule has 4 N–H and O–H groups in total. The van der Waals surface area contributed by atoms with Crippen LogP contribution < -0.4 is 10.6 Å². The molecule has 2 heterocycles. The second-order valence-corrected chi connectivity index (χ2v) is 13.6.